The van der Waals surface area contributed by atoms with Crippen molar-refractivity contribution in [1.29, 1.82) is 0 Å². The average Bonchev–Trinajstić information content (AvgIpc) is 2.82. The van der Waals surface area contributed by atoms with E-state index in [4.69, 9.17) is 4.74 Å². The van der Waals surface area contributed by atoms with E-state index in [9.17, 15) is 9.59 Å². The second-order valence-corrected chi connectivity index (χ2v) is 7.38. The van der Waals surface area contributed by atoms with E-state index >= 15 is 0 Å². The largest absolute Gasteiger partial charge is 0.449 e. The van der Waals surface area contributed by atoms with E-state index < -0.39 is 0 Å². The van der Waals surface area contributed by atoms with Gasteiger partial charge in [0.05, 0.1) is 5.69 Å². The number of nitrogens with one attached hydrogen (secondary N) is 1. The van der Waals surface area contributed by atoms with Gasteiger partial charge in [0.2, 0.25) is 0 Å². The van der Waals surface area contributed by atoms with Crippen LogP contribution in [0.4, 0.5) is 5.69 Å². The molecule has 3 aromatic rings. The summed E-state index contributed by atoms with van der Waals surface area (Å²) in [7, 11) is 3.36. The fourth-order valence-electron chi connectivity index (χ4n) is 3.70. The zero-order valence-corrected chi connectivity index (χ0v) is 17.6. The first-order valence-corrected chi connectivity index (χ1v) is 10.2. The lowest BCUT2D eigenvalue weighted by Gasteiger charge is -2.29. The van der Waals surface area contributed by atoms with Crippen LogP contribution in [-0.2, 0) is 11.2 Å². The van der Waals surface area contributed by atoms with Gasteiger partial charge in [-0.25, -0.2) is 0 Å². The first-order chi connectivity index (χ1) is 15.1. The summed E-state index contributed by atoms with van der Waals surface area (Å²) in [6, 6.07) is 24.9. The molecule has 0 aromatic heterocycles. The first kappa shape index (κ1) is 20.4. The van der Waals surface area contributed by atoms with Gasteiger partial charge in [0.1, 0.15) is 0 Å². The fourth-order valence-corrected chi connectivity index (χ4v) is 3.70. The summed E-state index contributed by atoms with van der Waals surface area (Å²) in [5.74, 6) is 0.643. The van der Waals surface area contributed by atoms with Gasteiger partial charge < -0.3 is 15.0 Å². The molecule has 0 saturated carbocycles. The van der Waals surface area contributed by atoms with Crippen molar-refractivity contribution in [2.75, 3.05) is 19.0 Å². The molecule has 1 heterocycles. The predicted molar refractivity (Wildman–Crippen MR) is 122 cm³/mol. The van der Waals surface area contributed by atoms with Gasteiger partial charge in [-0.2, -0.15) is 0 Å². The molecule has 31 heavy (non-hydrogen) atoms. The van der Waals surface area contributed by atoms with Crippen LogP contribution in [-0.4, -0.2) is 25.9 Å². The van der Waals surface area contributed by atoms with Crippen molar-refractivity contribution < 1.29 is 14.3 Å². The van der Waals surface area contributed by atoms with Crippen LogP contribution in [0.2, 0.25) is 0 Å². The van der Waals surface area contributed by atoms with Gasteiger partial charge >= 0.3 is 0 Å². The van der Waals surface area contributed by atoms with Crippen LogP contribution in [0, 0.1) is 0 Å². The molecule has 1 aliphatic heterocycles. The Kier molecular flexibility index (Phi) is 5.85. The molecule has 0 bridgehead atoms. The molecule has 0 radical (unpaired) electrons. The molecule has 1 aliphatic rings. The van der Waals surface area contributed by atoms with E-state index in [2.05, 4.69) is 17.4 Å². The number of allylic oxidation sites excluding steroid dienone is 1. The summed E-state index contributed by atoms with van der Waals surface area (Å²) in [5, 5.41) is 2.63. The quantitative estimate of drug-likeness (QED) is 0.630. The van der Waals surface area contributed by atoms with Crippen LogP contribution in [0.25, 0.3) is 5.57 Å². The Morgan fingerprint density at radius 2 is 1.55 bits per heavy atom. The molecule has 156 valence electrons. The summed E-state index contributed by atoms with van der Waals surface area (Å²) in [4.78, 5) is 26.8. The maximum Gasteiger partial charge on any atom is 0.294 e. The molecular weight excluding hydrogens is 388 g/mol. The Hall–Kier alpha value is -3.86. The van der Waals surface area contributed by atoms with Crippen LogP contribution in [0.3, 0.4) is 0 Å². The van der Waals surface area contributed by atoms with Gasteiger partial charge in [-0.15, -0.1) is 0 Å². The summed E-state index contributed by atoms with van der Waals surface area (Å²) in [5.41, 5.74) is 4.17. The molecule has 3 aromatic carbocycles. The van der Waals surface area contributed by atoms with Crippen molar-refractivity contribution in [3.63, 3.8) is 0 Å². The molecule has 1 N–H and O–H groups in total. The molecule has 0 saturated heterocycles. The van der Waals surface area contributed by atoms with Crippen LogP contribution in [0.15, 0.2) is 84.6 Å². The lowest BCUT2D eigenvalue weighted by atomic mass is 9.95. The van der Waals surface area contributed by atoms with Gasteiger partial charge in [0.25, 0.3) is 11.8 Å². The van der Waals surface area contributed by atoms with Crippen LogP contribution in [0.1, 0.15) is 27.9 Å². The number of hydrogen-bond acceptors (Lipinski definition) is 3. The monoisotopic (exact) mass is 412 g/mol. The third kappa shape index (κ3) is 4.21. The fraction of sp³-hybridized carbons (Fsp3) is 0.154. The molecule has 0 unspecified atom stereocenters. The number of carbonyl (C=O) groups is 2. The van der Waals surface area contributed by atoms with Gasteiger partial charge in [-0.05, 0) is 48.2 Å². The summed E-state index contributed by atoms with van der Waals surface area (Å²) in [6.45, 7) is 0. The smallest absolute Gasteiger partial charge is 0.294 e. The Morgan fingerprint density at radius 1 is 0.903 bits per heavy atom. The molecule has 0 atom stereocenters. The summed E-state index contributed by atoms with van der Waals surface area (Å²) >= 11 is 0. The van der Waals surface area contributed by atoms with Gasteiger partial charge in [-0.1, -0.05) is 54.6 Å². The Labute approximate surface area is 182 Å². The zero-order chi connectivity index (χ0) is 21.8. The Morgan fingerprint density at radius 3 is 2.26 bits per heavy atom. The normalized spacial score (nSPS) is 14.5. The molecule has 5 nitrogen and oxygen atoms in total. The molecule has 2 amide bonds. The minimum atomic E-state index is -0.183. The van der Waals surface area contributed by atoms with Crippen molar-refractivity contribution in [3.05, 3.63) is 101 Å². The van der Waals surface area contributed by atoms with Crippen molar-refractivity contribution in [3.8, 4) is 5.75 Å². The van der Waals surface area contributed by atoms with E-state index in [-0.39, 0.29) is 11.8 Å². The number of amides is 2. The highest BCUT2D eigenvalue weighted by Crippen LogP contribution is 2.37. The van der Waals surface area contributed by atoms with Crippen molar-refractivity contribution in [2.45, 2.75) is 12.8 Å². The number of likely N-dealkylation sites (N-methyl/N-ethyl adjacent to an activating group) is 1. The molecule has 4 rings (SSSR count). The third-order valence-electron chi connectivity index (χ3n) is 5.44. The second kappa shape index (κ2) is 8.88. The number of hydrogen-bond donors (Lipinski definition) is 1. The van der Waals surface area contributed by atoms with Gasteiger partial charge in [0, 0.05) is 25.2 Å². The summed E-state index contributed by atoms with van der Waals surface area (Å²) < 4.78 is 6.13. The van der Waals surface area contributed by atoms with Crippen LogP contribution >= 0.6 is 0 Å². The number of carbonyl (C=O) groups excluding carboxylic acids is 2. The number of rotatable bonds is 5. The number of fused-ring (bicyclic) bond motifs is 1. The Balaban J connectivity index is 1.76. The van der Waals surface area contributed by atoms with Crippen LogP contribution in [0.5, 0.6) is 5.75 Å². The predicted octanol–water partition coefficient (Wildman–Crippen LogP) is 4.45. The highest BCUT2D eigenvalue weighted by Gasteiger charge is 2.30. The van der Waals surface area contributed by atoms with E-state index in [0.717, 1.165) is 23.2 Å². The molecule has 0 aliphatic carbocycles. The first-order valence-electron chi connectivity index (χ1n) is 10.2. The zero-order valence-electron chi connectivity index (χ0n) is 17.6. The van der Waals surface area contributed by atoms with Crippen molar-refractivity contribution in [1.82, 2.24) is 5.32 Å². The third-order valence-corrected chi connectivity index (χ3v) is 5.44. The molecule has 0 fully saturated rings. The summed E-state index contributed by atoms with van der Waals surface area (Å²) in [6.07, 6.45) is 1.39. The molecule has 0 spiro atoms. The number of nitrogens with zero attached hydrogens (tertiary/aromatic N) is 1. The SMILES string of the molecule is CNC(=O)c1ccc(C(CCc2ccccc2)=C2Oc3ccccc3N(C)C2=O)cc1. The van der Waals surface area contributed by atoms with E-state index in [0.29, 0.717) is 23.5 Å². The standard InChI is InChI=1S/C26H24N2O3/c1-27-25(29)20-15-13-19(14-16-20)21(17-12-18-8-4-3-5-9-18)24-26(30)28(2)22-10-6-7-11-23(22)31-24/h3-11,13-16H,12,17H2,1-2H3,(H,27,29). The maximum absolute atomic E-state index is 13.2. The van der Waals surface area contributed by atoms with E-state index in [1.807, 2.05) is 54.6 Å². The average molecular weight is 412 g/mol. The number of ether oxygens (including phenoxy) is 1. The number of para-hydroxylation sites is 2. The highest BCUT2D eigenvalue weighted by atomic mass is 16.5. The van der Waals surface area contributed by atoms with Gasteiger partial charge in [0.15, 0.2) is 11.5 Å². The number of aryl methyl sites for hydroxylation is 1. The number of benzene rings is 3. The molecule has 5 heteroatoms. The van der Waals surface area contributed by atoms with Crippen LogP contribution < -0.4 is 15.0 Å². The minimum absolute atomic E-state index is 0.149. The number of anilines is 1. The van der Waals surface area contributed by atoms with E-state index in [1.54, 1.807) is 31.1 Å². The van der Waals surface area contributed by atoms with E-state index in [1.165, 1.54) is 5.56 Å². The minimum Gasteiger partial charge on any atom is -0.449 e. The maximum atomic E-state index is 13.2. The Bertz CT molecular complexity index is 1130. The lowest BCUT2D eigenvalue weighted by Crippen LogP contribution is -2.34. The highest BCUT2D eigenvalue weighted by molar-refractivity contribution is 6.11. The van der Waals surface area contributed by atoms with Crippen molar-refractivity contribution >= 4 is 23.1 Å². The second-order valence-electron chi connectivity index (χ2n) is 7.38. The lowest BCUT2D eigenvalue weighted by molar-refractivity contribution is -0.117. The van der Waals surface area contributed by atoms with Gasteiger partial charge in [-0.3, -0.25) is 9.59 Å². The van der Waals surface area contributed by atoms with Crippen molar-refractivity contribution in [2.24, 2.45) is 0 Å². The molecular formula is C26H24N2O3. The topological polar surface area (TPSA) is 58.6 Å².